The topological polar surface area (TPSA) is 56.0 Å². The van der Waals surface area contributed by atoms with Crippen molar-refractivity contribution in [3.63, 3.8) is 0 Å². The van der Waals surface area contributed by atoms with Crippen LogP contribution in [0.3, 0.4) is 0 Å². The molecule has 3 heterocycles. The highest BCUT2D eigenvalue weighted by Gasteiger charge is 2.19. The van der Waals surface area contributed by atoms with Crippen LogP contribution in [0.25, 0.3) is 27.5 Å². The summed E-state index contributed by atoms with van der Waals surface area (Å²) in [5.41, 5.74) is 3.18. The number of aromatic nitrogens is 5. The molecule has 3 aromatic heterocycles. The van der Waals surface area contributed by atoms with Crippen molar-refractivity contribution in [2.75, 3.05) is 0 Å². The van der Waals surface area contributed by atoms with E-state index in [1.165, 1.54) is 11.3 Å². The van der Waals surface area contributed by atoms with Gasteiger partial charge < -0.3 is 0 Å². The highest BCUT2D eigenvalue weighted by molar-refractivity contribution is 7.16. The minimum atomic E-state index is -0.236. The first-order chi connectivity index (χ1) is 14.2. The summed E-state index contributed by atoms with van der Waals surface area (Å²) >= 11 is 1.46. The smallest absolute Gasteiger partial charge is 0.234 e. The van der Waals surface area contributed by atoms with E-state index < -0.39 is 0 Å². The van der Waals surface area contributed by atoms with Gasteiger partial charge in [-0.05, 0) is 29.3 Å². The fraction of sp³-hybridized carbons (Fsp3) is 0.0909. The van der Waals surface area contributed by atoms with Gasteiger partial charge >= 0.3 is 0 Å². The Hall–Kier alpha value is -3.45. The molecule has 0 spiro atoms. The molecule has 142 valence electrons. The molecule has 0 amide bonds. The Bertz CT molecular complexity index is 1280. The summed E-state index contributed by atoms with van der Waals surface area (Å²) in [6, 6.07) is 18.7. The molecule has 0 radical (unpaired) electrons. The second kappa shape index (κ2) is 7.18. The van der Waals surface area contributed by atoms with Crippen LogP contribution in [0.15, 0.2) is 73.1 Å². The van der Waals surface area contributed by atoms with E-state index in [-0.39, 0.29) is 11.7 Å². The van der Waals surface area contributed by atoms with Gasteiger partial charge in [-0.25, -0.2) is 4.39 Å². The van der Waals surface area contributed by atoms with Crippen LogP contribution in [-0.2, 0) is 0 Å². The van der Waals surface area contributed by atoms with E-state index in [4.69, 9.17) is 5.10 Å². The Kier molecular flexibility index (Phi) is 4.37. The van der Waals surface area contributed by atoms with Gasteiger partial charge in [0.1, 0.15) is 10.8 Å². The van der Waals surface area contributed by atoms with Gasteiger partial charge in [-0.3, -0.25) is 4.98 Å². The third-order valence-electron chi connectivity index (χ3n) is 4.87. The van der Waals surface area contributed by atoms with Crippen LogP contribution >= 0.6 is 11.3 Å². The summed E-state index contributed by atoms with van der Waals surface area (Å²) in [7, 11) is 0. The van der Waals surface area contributed by atoms with Gasteiger partial charge in [0, 0.05) is 29.4 Å². The molecule has 7 heteroatoms. The van der Waals surface area contributed by atoms with E-state index in [0.717, 1.165) is 21.7 Å². The van der Waals surface area contributed by atoms with E-state index in [2.05, 4.69) is 15.2 Å². The predicted octanol–water partition coefficient (Wildman–Crippen LogP) is 5.21. The Labute approximate surface area is 170 Å². The molecule has 0 saturated carbocycles. The Balaban J connectivity index is 1.49. The van der Waals surface area contributed by atoms with Crippen LogP contribution in [0.5, 0.6) is 0 Å². The van der Waals surface area contributed by atoms with Crippen molar-refractivity contribution < 1.29 is 4.39 Å². The van der Waals surface area contributed by atoms with Crippen molar-refractivity contribution in [3.8, 4) is 22.5 Å². The van der Waals surface area contributed by atoms with Gasteiger partial charge in [0.15, 0.2) is 5.82 Å². The fourth-order valence-electron chi connectivity index (χ4n) is 3.28. The largest absolute Gasteiger partial charge is 0.264 e. The van der Waals surface area contributed by atoms with Crippen molar-refractivity contribution in [2.24, 2.45) is 0 Å². The number of fused-ring (bicyclic) bond motifs is 1. The van der Waals surface area contributed by atoms with E-state index >= 15 is 0 Å². The lowest BCUT2D eigenvalue weighted by Gasteiger charge is -2.11. The van der Waals surface area contributed by atoms with Crippen LogP contribution in [-0.4, -0.2) is 24.8 Å². The molecule has 0 fully saturated rings. The van der Waals surface area contributed by atoms with Gasteiger partial charge in [0.2, 0.25) is 4.96 Å². The molecule has 5 aromatic rings. The predicted molar refractivity (Wildman–Crippen MR) is 111 cm³/mol. The molecule has 0 saturated heterocycles. The van der Waals surface area contributed by atoms with Crippen LogP contribution in [0.1, 0.15) is 23.4 Å². The third kappa shape index (κ3) is 3.19. The molecule has 2 aromatic carbocycles. The summed E-state index contributed by atoms with van der Waals surface area (Å²) in [4.78, 5) is 4.83. The molecule has 0 aliphatic rings. The quantitative estimate of drug-likeness (QED) is 0.415. The highest BCUT2D eigenvalue weighted by atomic mass is 32.1. The molecule has 0 aliphatic heterocycles. The summed E-state index contributed by atoms with van der Waals surface area (Å²) in [5, 5.41) is 14.0. The maximum absolute atomic E-state index is 14.8. The SMILES string of the molecule is C[C@@H](c1ccc(-c2ccccc2)c(F)c1)c1nn2c(-c3cccnc3)nnc2s1. The van der Waals surface area contributed by atoms with Crippen molar-refractivity contribution >= 4 is 16.3 Å². The first-order valence-corrected chi connectivity index (χ1v) is 10.00. The second-order valence-electron chi connectivity index (χ2n) is 6.73. The summed E-state index contributed by atoms with van der Waals surface area (Å²) in [6.07, 6.45) is 3.44. The molecule has 5 nitrogen and oxygen atoms in total. The summed E-state index contributed by atoms with van der Waals surface area (Å²) < 4.78 is 16.5. The fourth-order valence-corrected chi connectivity index (χ4v) is 4.19. The van der Waals surface area contributed by atoms with E-state index in [1.807, 2.05) is 61.5 Å². The Morgan fingerprint density at radius 1 is 0.966 bits per heavy atom. The zero-order chi connectivity index (χ0) is 19.8. The molecule has 29 heavy (non-hydrogen) atoms. The lowest BCUT2D eigenvalue weighted by Crippen LogP contribution is -1.99. The van der Waals surface area contributed by atoms with Gasteiger partial charge in [0.05, 0.1) is 0 Å². The average Bonchev–Trinajstić information content (AvgIpc) is 3.35. The number of rotatable bonds is 4. The zero-order valence-electron chi connectivity index (χ0n) is 15.5. The minimum Gasteiger partial charge on any atom is -0.264 e. The normalized spacial score (nSPS) is 12.3. The first-order valence-electron chi connectivity index (χ1n) is 9.18. The Morgan fingerprint density at radius 3 is 2.55 bits per heavy atom. The van der Waals surface area contributed by atoms with E-state index in [1.54, 1.807) is 23.0 Å². The van der Waals surface area contributed by atoms with Crippen molar-refractivity contribution in [1.82, 2.24) is 24.8 Å². The molecule has 0 bridgehead atoms. The average molecular weight is 401 g/mol. The van der Waals surface area contributed by atoms with Gasteiger partial charge in [-0.2, -0.15) is 9.61 Å². The number of halogens is 1. The van der Waals surface area contributed by atoms with Crippen LogP contribution in [0.2, 0.25) is 0 Å². The number of hydrogen-bond acceptors (Lipinski definition) is 5. The van der Waals surface area contributed by atoms with Crippen molar-refractivity contribution in [2.45, 2.75) is 12.8 Å². The van der Waals surface area contributed by atoms with E-state index in [9.17, 15) is 4.39 Å². The number of hydrogen-bond donors (Lipinski definition) is 0. The molecule has 0 N–H and O–H groups in total. The maximum Gasteiger partial charge on any atom is 0.234 e. The van der Waals surface area contributed by atoms with Crippen LogP contribution in [0, 0.1) is 5.82 Å². The lowest BCUT2D eigenvalue weighted by molar-refractivity contribution is 0.627. The monoisotopic (exact) mass is 401 g/mol. The highest BCUT2D eigenvalue weighted by Crippen LogP contribution is 2.32. The molecule has 0 aliphatic carbocycles. The Morgan fingerprint density at radius 2 is 1.79 bits per heavy atom. The van der Waals surface area contributed by atoms with Gasteiger partial charge in [-0.1, -0.05) is 60.7 Å². The lowest BCUT2D eigenvalue weighted by atomic mass is 9.97. The maximum atomic E-state index is 14.8. The molecule has 1 atom stereocenters. The molecule has 5 rings (SSSR count). The van der Waals surface area contributed by atoms with Gasteiger partial charge in [-0.15, -0.1) is 10.2 Å². The first kappa shape index (κ1) is 17.6. The summed E-state index contributed by atoms with van der Waals surface area (Å²) in [6.45, 7) is 2.02. The number of benzene rings is 2. The van der Waals surface area contributed by atoms with Crippen molar-refractivity contribution in [3.05, 3.63) is 89.4 Å². The minimum absolute atomic E-state index is 0.0669. The van der Waals surface area contributed by atoms with Crippen molar-refractivity contribution in [1.29, 1.82) is 0 Å². The molecule has 0 unspecified atom stereocenters. The third-order valence-corrected chi connectivity index (χ3v) is 5.96. The van der Waals surface area contributed by atoms with E-state index in [0.29, 0.717) is 16.3 Å². The zero-order valence-corrected chi connectivity index (χ0v) is 16.3. The summed E-state index contributed by atoms with van der Waals surface area (Å²) in [5.74, 6) is 0.343. The number of pyridine rings is 1. The second-order valence-corrected chi connectivity index (χ2v) is 7.71. The standard InChI is InChI=1S/C22H16FN5S/c1-14(16-9-10-18(19(23)12-16)15-6-3-2-4-7-15)21-27-28-20(25-26-22(28)29-21)17-8-5-11-24-13-17/h2-14H,1H3/t14-/m0/s1. The number of nitrogens with zero attached hydrogens (tertiary/aromatic N) is 5. The molecular weight excluding hydrogens is 385 g/mol. The van der Waals surface area contributed by atoms with Crippen LogP contribution in [0.4, 0.5) is 4.39 Å². The molecular formula is C22H16FN5S. The van der Waals surface area contributed by atoms with Gasteiger partial charge in [0.25, 0.3) is 0 Å². The van der Waals surface area contributed by atoms with Crippen LogP contribution < -0.4 is 0 Å².